The first kappa shape index (κ1) is 11.4. The number of aryl methyl sites for hydroxylation is 2. The highest BCUT2D eigenvalue weighted by atomic mass is 15.3. The monoisotopic (exact) mass is 231 g/mol. The molecule has 2 aromatic heterocycles. The fourth-order valence-corrected chi connectivity index (χ4v) is 1.70. The van der Waals surface area contributed by atoms with E-state index in [0.29, 0.717) is 0 Å². The van der Waals surface area contributed by atoms with Crippen LogP contribution in [0.1, 0.15) is 12.6 Å². The number of anilines is 3. The van der Waals surface area contributed by atoms with E-state index < -0.39 is 0 Å². The Morgan fingerprint density at radius 2 is 2.06 bits per heavy atom. The summed E-state index contributed by atoms with van der Waals surface area (Å²) in [6.45, 7) is 2.09. The first-order chi connectivity index (χ1) is 8.22. The van der Waals surface area contributed by atoms with Gasteiger partial charge in [-0.3, -0.25) is 9.67 Å². The summed E-state index contributed by atoms with van der Waals surface area (Å²) >= 11 is 0. The Hall–Kier alpha value is -2.04. The molecule has 0 aromatic carbocycles. The molecule has 0 aliphatic rings. The minimum Gasteiger partial charge on any atom is -0.387 e. The third-order valence-corrected chi connectivity index (χ3v) is 2.55. The lowest BCUT2D eigenvalue weighted by Gasteiger charge is -2.06. The number of rotatable bonds is 4. The zero-order chi connectivity index (χ0) is 12.3. The predicted molar refractivity (Wildman–Crippen MR) is 69.7 cm³/mol. The average Bonchev–Trinajstić information content (AvgIpc) is 2.69. The number of hydrogen-bond acceptors (Lipinski definition) is 4. The van der Waals surface area contributed by atoms with E-state index in [9.17, 15) is 0 Å². The van der Waals surface area contributed by atoms with Crippen molar-refractivity contribution >= 4 is 17.1 Å². The van der Waals surface area contributed by atoms with E-state index in [2.05, 4.69) is 27.6 Å². The zero-order valence-electron chi connectivity index (χ0n) is 10.4. The highest BCUT2D eigenvalue weighted by Gasteiger charge is 2.06. The summed E-state index contributed by atoms with van der Waals surface area (Å²) in [5.74, 6) is 0. The molecular weight excluding hydrogens is 214 g/mol. The quantitative estimate of drug-likeness (QED) is 0.846. The molecule has 5 nitrogen and oxygen atoms in total. The van der Waals surface area contributed by atoms with Crippen molar-refractivity contribution in [3.63, 3.8) is 0 Å². The molecule has 0 aliphatic carbocycles. The molecule has 5 heteroatoms. The van der Waals surface area contributed by atoms with Crippen molar-refractivity contribution < 1.29 is 0 Å². The summed E-state index contributed by atoms with van der Waals surface area (Å²) in [6, 6.07) is 2.01. The van der Waals surface area contributed by atoms with Crippen molar-refractivity contribution in [1.29, 1.82) is 0 Å². The van der Waals surface area contributed by atoms with Crippen molar-refractivity contribution in [1.82, 2.24) is 14.8 Å². The van der Waals surface area contributed by atoms with Crippen LogP contribution in [-0.4, -0.2) is 21.8 Å². The van der Waals surface area contributed by atoms with Gasteiger partial charge in [-0.15, -0.1) is 0 Å². The van der Waals surface area contributed by atoms with Gasteiger partial charge in [0, 0.05) is 20.3 Å². The summed E-state index contributed by atoms with van der Waals surface area (Å²) in [5.41, 5.74) is 4.03. The zero-order valence-corrected chi connectivity index (χ0v) is 10.4. The Kier molecular flexibility index (Phi) is 3.27. The fraction of sp³-hybridized carbons (Fsp3) is 0.333. The molecular formula is C12H17N5. The summed E-state index contributed by atoms with van der Waals surface area (Å²) in [4.78, 5) is 4.16. The molecule has 0 atom stereocenters. The van der Waals surface area contributed by atoms with Gasteiger partial charge >= 0.3 is 0 Å². The second-order valence-electron chi connectivity index (χ2n) is 3.85. The number of hydrogen-bond donors (Lipinski definition) is 2. The highest BCUT2D eigenvalue weighted by molar-refractivity contribution is 5.64. The van der Waals surface area contributed by atoms with Crippen molar-refractivity contribution in [3.8, 4) is 0 Å². The van der Waals surface area contributed by atoms with E-state index in [0.717, 1.165) is 29.2 Å². The first-order valence-corrected chi connectivity index (χ1v) is 5.65. The molecule has 0 spiro atoms. The van der Waals surface area contributed by atoms with Gasteiger partial charge in [0.05, 0.1) is 35.1 Å². The van der Waals surface area contributed by atoms with Gasteiger partial charge in [-0.25, -0.2) is 0 Å². The molecule has 17 heavy (non-hydrogen) atoms. The molecule has 2 aromatic rings. The van der Waals surface area contributed by atoms with Crippen LogP contribution in [0, 0.1) is 0 Å². The van der Waals surface area contributed by atoms with E-state index >= 15 is 0 Å². The molecule has 2 N–H and O–H groups in total. The van der Waals surface area contributed by atoms with E-state index in [4.69, 9.17) is 0 Å². The molecule has 0 aliphatic heterocycles. The lowest BCUT2D eigenvalue weighted by atomic mass is 10.3. The van der Waals surface area contributed by atoms with Crippen LogP contribution in [0.3, 0.4) is 0 Å². The van der Waals surface area contributed by atoms with Gasteiger partial charge in [0.15, 0.2) is 0 Å². The summed E-state index contributed by atoms with van der Waals surface area (Å²) in [7, 11) is 3.80. The largest absolute Gasteiger partial charge is 0.387 e. The summed E-state index contributed by atoms with van der Waals surface area (Å²) in [6.07, 6.45) is 6.47. The highest BCUT2D eigenvalue weighted by Crippen LogP contribution is 2.21. The Labute approximate surface area is 101 Å². The Bertz CT molecular complexity index is 503. The van der Waals surface area contributed by atoms with Gasteiger partial charge in [0.2, 0.25) is 0 Å². The van der Waals surface area contributed by atoms with Gasteiger partial charge in [0.25, 0.3) is 0 Å². The van der Waals surface area contributed by atoms with Gasteiger partial charge in [0.1, 0.15) is 0 Å². The maximum absolute atomic E-state index is 4.39. The molecule has 0 saturated carbocycles. The summed E-state index contributed by atoms with van der Waals surface area (Å²) in [5, 5.41) is 10.8. The number of nitrogens with one attached hydrogen (secondary N) is 2. The van der Waals surface area contributed by atoms with Crippen LogP contribution in [0.2, 0.25) is 0 Å². The third kappa shape index (κ3) is 2.55. The standard InChI is InChI=1S/C12H17N5/c1-4-11-12(8-17(3)16-11)15-10-5-9(13-2)6-14-7-10/h5-8,13,15H,4H2,1-3H3. The van der Waals surface area contributed by atoms with Crippen molar-refractivity contribution in [2.75, 3.05) is 17.7 Å². The van der Waals surface area contributed by atoms with Crippen LogP contribution >= 0.6 is 0 Å². The molecule has 0 amide bonds. The van der Waals surface area contributed by atoms with E-state index in [1.54, 1.807) is 12.4 Å². The third-order valence-electron chi connectivity index (χ3n) is 2.55. The molecule has 0 fully saturated rings. The normalized spacial score (nSPS) is 10.3. The van der Waals surface area contributed by atoms with Crippen molar-refractivity contribution in [3.05, 3.63) is 30.4 Å². The number of aromatic nitrogens is 3. The predicted octanol–water partition coefficient (Wildman–Crippen LogP) is 2.16. The van der Waals surface area contributed by atoms with Crippen LogP contribution in [0.5, 0.6) is 0 Å². The van der Waals surface area contributed by atoms with Crippen molar-refractivity contribution in [2.24, 2.45) is 7.05 Å². The summed E-state index contributed by atoms with van der Waals surface area (Å²) < 4.78 is 1.82. The second kappa shape index (κ2) is 4.86. The van der Waals surface area contributed by atoms with Gasteiger partial charge < -0.3 is 10.6 Å². The molecule has 0 radical (unpaired) electrons. The molecule has 0 bridgehead atoms. The maximum Gasteiger partial charge on any atom is 0.0856 e. The van der Waals surface area contributed by atoms with Crippen LogP contribution in [0.4, 0.5) is 17.1 Å². The second-order valence-corrected chi connectivity index (χ2v) is 3.85. The minimum atomic E-state index is 0.905. The van der Waals surface area contributed by atoms with Crippen LogP contribution in [0.15, 0.2) is 24.7 Å². The lowest BCUT2D eigenvalue weighted by Crippen LogP contribution is -1.95. The smallest absolute Gasteiger partial charge is 0.0856 e. The fourth-order valence-electron chi connectivity index (χ4n) is 1.70. The minimum absolute atomic E-state index is 0.905. The van der Waals surface area contributed by atoms with E-state index in [1.165, 1.54) is 0 Å². The molecule has 2 heterocycles. The average molecular weight is 231 g/mol. The van der Waals surface area contributed by atoms with Crippen LogP contribution in [0.25, 0.3) is 0 Å². The van der Waals surface area contributed by atoms with Crippen LogP contribution in [-0.2, 0) is 13.5 Å². The Balaban J connectivity index is 2.24. The molecule has 0 unspecified atom stereocenters. The first-order valence-electron chi connectivity index (χ1n) is 5.65. The Morgan fingerprint density at radius 1 is 1.29 bits per heavy atom. The van der Waals surface area contributed by atoms with E-state index in [-0.39, 0.29) is 0 Å². The topological polar surface area (TPSA) is 54.8 Å². The molecule has 0 saturated heterocycles. The van der Waals surface area contributed by atoms with E-state index in [1.807, 2.05) is 31.0 Å². The SMILES string of the molecule is CCc1nn(C)cc1Nc1cncc(NC)c1. The lowest BCUT2D eigenvalue weighted by molar-refractivity contribution is 0.746. The van der Waals surface area contributed by atoms with Gasteiger partial charge in [-0.2, -0.15) is 5.10 Å². The Morgan fingerprint density at radius 3 is 2.76 bits per heavy atom. The molecule has 90 valence electrons. The number of pyridine rings is 1. The van der Waals surface area contributed by atoms with Crippen LogP contribution < -0.4 is 10.6 Å². The van der Waals surface area contributed by atoms with Crippen molar-refractivity contribution in [2.45, 2.75) is 13.3 Å². The number of nitrogens with zero attached hydrogens (tertiary/aromatic N) is 3. The molecule has 2 rings (SSSR count). The van der Waals surface area contributed by atoms with Gasteiger partial charge in [-0.1, -0.05) is 6.92 Å². The van der Waals surface area contributed by atoms with Gasteiger partial charge in [-0.05, 0) is 12.5 Å². The maximum atomic E-state index is 4.39.